The average molecular weight is 180 g/mol. The minimum atomic E-state index is -0.223. The van der Waals surface area contributed by atoms with E-state index in [0.29, 0.717) is 6.42 Å². The molecule has 74 valence electrons. The minimum absolute atomic E-state index is 0.223. The van der Waals surface area contributed by atoms with E-state index in [0.717, 1.165) is 38.4 Å². The van der Waals surface area contributed by atoms with Gasteiger partial charge in [0, 0.05) is 11.8 Å². The average Bonchev–Trinajstić information content (AvgIpc) is 2.15. The molecule has 0 aliphatic heterocycles. The SMILES string of the molecule is C#CCC(C=O)(CCC)CCCC. The van der Waals surface area contributed by atoms with E-state index in [9.17, 15) is 4.79 Å². The molecule has 0 N–H and O–H groups in total. The van der Waals surface area contributed by atoms with Crippen molar-refractivity contribution >= 4 is 6.29 Å². The zero-order chi connectivity index (χ0) is 10.2. The van der Waals surface area contributed by atoms with Crippen molar-refractivity contribution in [1.82, 2.24) is 0 Å². The maximum absolute atomic E-state index is 11.0. The number of hydrogen-bond acceptors (Lipinski definition) is 1. The fraction of sp³-hybridized carbons (Fsp3) is 0.750. The second-order valence-corrected chi connectivity index (χ2v) is 3.71. The summed E-state index contributed by atoms with van der Waals surface area (Å²) in [7, 11) is 0. The first-order valence-electron chi connectivity index (χ1n) is 5.14. The van der Waals surface area contributed by atoms with Gasteiger partial charge in [-0.25, -0.2) is 0 Å². The van der Waals surface area contributed by atoms with Gasteiger partial charge < -0.3 is 4.79 Å². The van der Waals surface area contributed by atoms with Crippen LogP contribution in [-0.4, -0.2) is 6.29 Å². The smallest absolute Gasteiger partial charge is 0.127 e. The topological polar surface area (TPSA) is 17.1 Å². The molecule has 1 atom stereocenters. The molecule has 13 heavy (non-hydrogen) atoms. The number of unbranched alkanes of at least 4 members (excludes halogenated alkanes) is 1. The van der Waals surface area contributed by atoms with E-state index in [1.54, 1.807) is 0 Å². The molecule has 0 spiro atoms. The van der Waals surface area contributed by atoms with Crippen molar-refractivity contribution < 1.29 is 4.79 Å². The van der Waals surface area contributed by atoms with Crippen molar-refractivity contribution in [3.8, 4) is 12.3 Å². The Bertz CT molecular complexity index is 178. The summed E-state index contributed by atoms with van der Waals surface area (Å²) in [5.41, 5.74) is -0.223. The maximum Gasteiger partial charge on any atom is 0.127 e. The van der Waals surface area contributed by atoms with Crippen molar-refractivity contribution in [1.29, 1.82) is 0 Å². The van der Waals surface area contributed by atoms with Crippen LogP contribution in [0, 0.1) is 17.8 Å². The van der Waals surface area contributed by atoms with E-state index in [1.807, 2.05) is 0 Å². The molecule has 0 bridgehead atoms. The Labute approximate surface area is 81.9 Å². The number of terminal acetylenes is 1. The Morgan fingerprint density at radius 1 is 1.31 bits per heavy atom. The van der Waals surface area contributed by atoms with Crippen molar-refractivity contribution in [2.45, 2.75) is 52.4 Å². The zero-order valence-corrected chi connectivity index (χ0v) is 8.81. The third kappa shape index (κ3) is 4.12. The summed E-state index contributed by atoms with van der Waals surface area (Å²) in [6.45, 7) is 4.23. The summed E-state index contributed by atoms with van der Waals surface area (Å²) in [5.74, 6) is 2.62. The third-order valence-electron chi connectivity index (χ3n) is 2.48. The van der Waals surface area contributed by atoms with E-state index < -0.39 is 0 Å². The van der Waals surface area contributed by atoms with Crippen LogP contribution in [0.15, 0.2) is 0 Å². The molecule has 0 aliphatic carbocycles. The van der Waals surface area contributed by atoms with E-state index in [1.165, 1.54) is 0 Å². The summed E-state index contributed by atoms with van der Waals surface area (Å²) in [6, 6.07) is 0. The summed E-state index contributed by atoms with van der Waals surface area (Å²) in [6.07, 6.45) is 12.1. The van der Waals surface area contributed by atoms with Gasteiger partial charge in [-0.3, -0.25) is 0 Å². The summed E-state index contributed by atoms with van der Waals surface area (Å²) >= 11 is 0. The summed E-state index contributed by atoms with van der Waals surface area (Å²) in [4.78, 5) is 11.0. The van der Waals surface area contributed by atoms with Crippen LogP contribution in [0.1, 0.15) is 52.4 Å². The molecule has 1 heteroatoms. The normalized spacial score (nSPS) is 14.5. The van der Waals surface area contributed by atoms with Crippen molar-refractivity contribution in [3.63, 3.8) is 0 Å². The highest BCUT2D eigenvalue weighted by molar-refractivity contribution is 5.60. The predicted octanol–water partition coefficient (Wildman–Crippen LogP) is 3.19. The number of carbonyl (C=O) groups is 1. The van der Waals surface area contributed by atoms with Gasteiger partial charge in [-0.1, -0.05) is 33.1 Å². The molecular formula is C12H20O. The van der Waals surface area contributed by atoms with Gasteiger partial charge in [0.15, 0.2) is 0 Å². The Balaban J connectivity index is 4.26. The van der Waals surface area contributed by atoms with Crippen LogP contribution in [0.3, 0.4) is 0 Å². The van der Waals surface area contributed by atoms with Gasteiger partial charge >= 0.3 is 0 Å². The van der Waals surface area contributed by atoms with Gasteiger partial charge in [-0.2, -0.15) is 0 Å². The molecule has 0 aromatic rings. The van der Waals surface area contributed by atoms with Crippen molar-refractivity contribution in [2.75, 3.05) is 0 Å². The Morgan fingerprint density at radius 2 is 2.00 bits per heavy atom. The first-order chi connectivity index (χ1) is 6.24. The summed E-state index contributed by atoms with van der Waals surface area (Å²) in [5, 5.41) is 0. The molecule has 0 aromatic heterocycles. The fourth-order valence-electron chi connectivity index (χ4n) is 1.69. The van der Waals surface area contributed by atoms with Crippen LogP contribution in [0.2, 0.25) is 0 Å². The number of carbonyl (C=O) groups excluding carboxylic acids is 1. The van der Waals surface area contributed by atoms with Crippen LogP contribution < -0.4 is 0 Å². The molecule has 0 saturated heterocycles. The van der Waals surface area contributed by atoms with E-state index in [4.69, 9.17) is 6.42 Å². The van der Waals surface area contributed by atoms with E-state index in [-0.39, 0.29) is 5.41 Å². The predicted molar refractivity (Wildman–Crippen MR) is 56.4 cm³/mol. The monoisotopic (exact) mass is 180 g/mol. The van der Waals surface area contributed by atoms with Crippen LogP contribution in [0.5, 0.6) is 0 Å². The van der Waals surface area contributed by atoms with Gasteiger partial charge in [0.25, 0.3) is 0 Å². The lowest BCUT2D eigenvalue weighted by Gasteiger charge is -2.25. The molecule has 0 amide bonds. The zero-order valence-electron chi connectivity index (χ0n) is 8.81. The Kier molecular flexibility index (Phi) is 6.32. The molecule has 0 rings (SSSR count). The Hall–Kier alpha value is -0.770. The van der Waals surface area contributed by atoms with Gasteiger partial charge in [-0.05, 0) is 12.8 Å². The van der Waals surface area contributed by atoms with Crippen LogP contribution in [0.25, 0.3) is 0 Å². The molecule has 0 heterocycles. The van der Waals surface area contributed by atoms with Crippen LogP contribution >= 0.6 is 0 Å². The molecule has 1 nitrogen and oxygen atoms in total. The molecule has 1 unspecified atom stereocenters. The van der Waals surface area contributed by atoms with E-state index in [2.05, 4.69) is 19.8 Å². The molecule has 0 radical (unpaired) electrons. The Morgan fingerprint density at radius 3 is 2.38 bits per heavy atom. The molecule has 0 aromatic carbocycles. The number of aldehydes is 1. The van der Waals surface area contributed by atoms with E-state index >= 15 is 0 Å². The maximum atomic E-state index is 11.0. The number of hydrogen-bond donors (Lipinski definition) is 0. The highest BCUT2D eigenvalue weighted by Gasteiger charge is 2.26. The molecule has 0 saturated carbocycles. The van der Waals surface area contributed by atoms with Gasteiger partial charge in [-0.15, -0.1) is 12.3 Å². The highest BCUT2D eigenvalue weighted by atomic mass is 16.1. The lowest BCUT2D eigenvalue weighted by Crippen LogP contribution is -2.21. The van der Waals surface area contributed by atoms with Crippen LogP contribution in [0.4, 0.5) is 0 Å². The second kappa shape index (κ2) is 6.71. The first kappa shape index (κ1) is 12.2. The quantitative estimate of drug-likeness (QED) is 0.434. The van der Waals surface area contributed by atoms with Crippen LogP contribution in [-0.2, 0) is 4.79 Å². The minimum Gasteiger partial charge on any atom is -0.303 e. The fourth-order valence-corrected chi connectivity index (χ4v) is 1.69. The molecular weight excluding hydrogens is 160 g/mol. The molecule has 0 aliphatic rings. The number of rotatable bonds is 7. The summed E-state index contributed by atoms with van der Waals surface area (Å²) < 4.78 is 0. The largest absolute Gasteiger partial charge is 0.303 e. The van der Waals surface area contributed by atoms with Crippen molar-refractivity contribution in [3.05, 3.63) is 0 Å². The van der Waals surface area contributed by atoms with Gasteiger partial charge in [0.05, 0.1) is 0 Å². The highest BCUT2D eigenvalue weighted by Crippen LogP contribution is 2.31. The lowest BCUT2D eigenvalue weighted by atomic mass is 9.78. The van der Waals surface area contributed by atoms with Gasteiger partial charge in [0.2, 0.25) is 0 Å². The van der Waals surface area contributed by atoms with Gasteiger partial charge in [0.1, 0.15) is 6.29 Å². The van der Waals surface area contributed by atoms with Crippen molar-refractivity contribution in [2.24, 2.45) is 5.41 Å². The lowest BCUT2D eigenvalue weighted by molar-refractivity contribution is -0.116. The second-order valence-electron chi connectivity index (χ2n) is 3.71. The first-order valence-corrected chi connectivity index (χ1v) is 5.14. The standard InChI is InChI=1S/C12H20O/c1-4-7-10-12(11-13,8-5-2)9-6-3/h2,11H,4,6-10H2,1,3H3. The molecule has 0 fully saturated rings. The third-order valence-corrected chi connectivity index (χ3v) is 2.48.